The first-order valence-electron chi connectivity index (χ1n) is 7.58. The lowest BCUT2D eigenvalue weighted by atomic mass is 9.87. The number of nitrogens with one attached hydrogen (secondary N) is 1. The molecule has 0 atom stereocenters. The number of halogens is 1. The number of benzene rings is 1. The van der Waals surface area contributed by atoms with E-state index in [0.717, 1.165) is 25.7 Å². The molecule has 1 amide bonds. The normalized spacial score (nSPS) is 16.3. The minimum atomic E-state index is -0.638. The van der Waals surface area contributed by atoms with E-state index in [1.807, 2.05) is 6.26 Å². The molecule has 0 spiro atoms. The van der Waals surface area contributed by atoms with E-state index in [1.54, 1.807) is 18.2 Å². The number of hydrogen-bond donors (Lipinski definition) is 1. The minimum Gasteiger partial charge on any atom is -0.342 e. The molecule has 1 aromatic heterocycles. The number of carbonyl (C=O) groups is 1. The molecule has 3 rings (SSSR count). The number of carbonyl (C=O) groups excluding carboxylic acids is 1. The van der Waals surface area contributed by atoms with Gasteiger partial charge in [-0.2, -0.15) is 0 Å². The molecule has 1 heterocycles. The highest BCUT2D eigenvalue weighted by Crippen LogP contribution is 2.40. The van der Waals surface area contributed by atoms with Gasteiger partial charge in [0.25, 0.3) is 5.91 Å². The molecule has 0 radical (unpaired) electrons. The summed E-state index contributed by atoms with van der Waals surface area (Å²) in [6.45, 7) is 0. The van der Waals surface area contributed by atoms with E-state index >= 15 is 0 Å². The van der Waals surface area contributed by atoms with E-state index in [4.69, 9.17) is 0 Å². The molecule has 1 fully saturated rings. The van der Waals surface area contributed by atoms with Crippen molar-refractivity contribution in [2.75, 3.05) is 6.26 Å². The van der Waals surface area contributed by atoms with Crippen LogP contribution in [0.2, 0.25) is 0 Å². The van der Waals surface area contributed by atoms with Gasteiger partial charge in [0.15, 0.2) is 5.16 Å². The summed E-state index contributed by atoms with van der Waals surface area (Å²) in [6, 6.07) is 6.67. The van der Waals surface area contributed by atoms with E-state index in [2.05, 4.69) is 15.3 Å². The van der Waals surface area contributed by atoms with Gasteiger partial charge in [-0.25, -0.2) is 14.4 Å². The predicted molar refractivity (Wildman–Crippen MR) is 87.8 cm³/mol. The van der Waals surface area contributed by atoms with Crippen LogP contribution in [0.4, 0.5) is 4.39 Å². The van der Waals surface area contributed by atoms with Gasteiger partial charge >= 0.3 is 0 Å². The molecule has 2 aromatic rings. The molecular formula is C17H18FN3OS. The van der Waals surface area contributed by atoms with Crippen LogP contribution in [0.3, 0.4) is 0 Å². The summed E-state index contributed by atoms with van der Waals surface area (Å²) < 4.78 is 14.3. The van der Waals surface area contributed by atoms with Crippen molar-refractivity contribution >= 4 is 17.7 Å². The number of rotatable bonds is 4. The second-order valence-corrected chi connectivity index (χ2v) is 6.46. The first-order valence-corrected chi connectivity index (χ1v) is 8.81. The lowest BCUT2D eigenvalue weighted by Gasteiger charge is -2.31. The van der Waals surface area contributed by atoms with Gasteiger partial charge in [0, 0.05) is 18.0 Å². The van der Waals surface area contributed by atoms with Crippen LogP contribution in [0, 0.1) is 5.82 Å². The standard InChI is InChI=1S/C17H18FN3OS/c1-23-16-19-10-12(11-20-16)15(22)21-17(8-4-5-9-17)13-6-2-3-7-14(13)18/h2-3,6-7,10-11H,4-5,8-9H2,1H3,(H,21,22). The third kappa shape index (κ3) is 3.22. The van der Waals surface area contributed by atoms with Crippen molar-refractivity contribution in [3.05, 3.63) is 53.6 Å². The van der Waals surface area contributed by atoms with Crippen LogP contribution in [0.1, 0.15) is 41.6 Å². The molecule has 0 saturated heterocycles. The van der Waals surface area contributed by atoms with Gasteiger partial charge in [0.1, 0.15) is 5.82 Å². The molecule has 1 N–H and O–H groups in total. The quantitative estimate of drug-likeness (QED) is 0.688. The van der Waals surface area contributed by atoms with Crippen LogP contribution < -0.4 is 5.32 Å². The third-order valence-electron chi connectivity index (χ3n) is 4.27. The van der Waals surface area contributed by atoms with Crippen molar-refractivity contribution in [1.29, 1.82) is 0 Å². The number of amides is 1. The highest BCUT2D eigenvalue weighted by molar-refractivity contribution is 7.98. The Morgan fingerprint density at radius 1 is 1.22 bits per heavy atom. The van der Waals surface area contributed by atoms with E-state index in [0.29, 0.717) is 16.3 Å². The van der Waals surface area contributed by atoms with Crippen LogP contribution in [-0.4, -0.2) is 22.1 Å². The van der Waals surface area contributed by atoms with Crippen molar-refractivity contribution in [2.24, 2.45) is 0 Å². The van der Waals surface area contributed by atoms with Crippen molar-refractivity contribution in [3.8, 4) is 0 Å². The van der Waals surface area contributed by atoms with Crippen molar-refractivity contribution in [2.45, 2.75) is 36.4 Å². The number of hydrogen-bond acceptors (Lipinski definition) is 4. The Labute approximate surface area is 138 Å². The molecule has 0 unspecified atom stereocenters. The molecule has 1 saturated carbocycles. The molecule has 1 aliphatic carbocycles. The first-order chi connectivity index (χ1) is 11.1. The van der Waals surface area contributed by atoms with Gasteiger partial charge < -0.3 is 5.32 Å². The molecule has 0 aliphatic heterocycles. The fourth-order valence-electron chi connectivity index (χ4n) is 3.12. The molecule has 1 aromatic carbocycles. The monoisotopic (exact) mass is 331 g/mol. The summed E-state index contributed by atoms with van der Waals surface area (Å²) in [4.78, 5) is 20.8. The van der Waals surface area contributed by atoms with Crippen LogP contribution in [0.15, 0.2) is 41.8 Å². The molecule has 0 bridgehead atoms. The third-order valence-corrected chi connectivity index (χ3v) is 4.85. The second kappa shape index (κ2) is 6.66. The summed E-state index contributed by atoms with van der Waals surface area (Å²) >= 11 is 1.42. The fraction of sp³-hybridized carbons (Fsp3) is 0.353. The maximum atomic E-state index is 14.3. The zero-order valence-electron chi connectivity index (χ0n) is 12.9. The fourth-order valence-corrected chi connectivity index (χ4v) is 3.43. The average Bonchev–Trinajstić information content (AvgIpc) is 3.04. The molecule has 6 heteroatoms. The SMILES string of the molecule is CSc1ncc(C(=O)NC2(c3ccccc3F)CCCC2)cn1. The number of aromatic nitrogens is 2. The van der Waals surface area contributed by atoms with Crippen molar-refractivity contribution in [1.82, 2.24) is 15.3 Å². The molecule has 1 aliphatic rings. The molecular weight excluding hydrogens is 313 g/mol. The van der Waals surface area contributed by atoms with Crippen LogP contribution in [-0.2, 0) is 5.54 Å². The maximum absolute atomic E-state index is 14.3. The Morgan fingerprint density at radius 3 is 2.48 bits per heavy atom. The lowest BCUT2D eigenvalue weighted by molar-refractivity contribution is 0.0895. The Hall–Kier alpha value is -1.95. The van der Waals surface area contributed by atoms with E-state index in [9.17, 15) is 9.18 Å². The summed E-state index contributed by atoms with van der Waals surface area (Å²) in [5.41, 5.74) is 0.318. The number of nitrogens with zero attached hydrogens (tertiary/aromatic N) is 2. The van der Waals surface area contributed by atoms with E-state index < -0.39 is 5.54 Å². The topological polar surface area (TPSA) is 54.9 Å². The van der Waals surface area contributed by atoms with Gasteiger partial charge in [-0.1, -0.05) is 42.8 Å². The Balaban J connectivity index is 1.87. The largest absolute Gasteiger partial charge is 0.342 e. The minimum absolute atomic E-state index is 0.261. The van der Waals surface area contributed by atoms with Gasteiger partial charge in [-0.3, -0.25) is 4.79 Å². The summed E-state index contributed by atoms with van der Waals surface area (Å²) in [6.07, 6.45) is 8.32. The molecule has 23 heavy (non-hydrogen) atoms. The van der Waals surface area contributed by atoms with Crippen molar-refractivity contribution in [3.63, 3.8) is 0 Å². The van der Waals surface area contributed by atoms with Crippen molar-refractivity contribution < 1.29 is 9.18 Å². The van der Waals surface area contributed by atoms with E-state index in [1.165, 1.54) is 30.2 Å². The summed E-state index contributed by atoms with van der Waals surface area (Å²) in [7, 11) is 0. The van der Waals surface area contributed by atoms with Crippen LogP contribution in [0.25, 0.3) is 0 Å². The highest BCUT2D eigenvalue weighted by Gasteiger charge is 2.39. The Morgan fingerprint density at radius 2 is 1.87 bits per heavy atom. The molecule has 4 nitrogen and oxygen atoms in total. The lowest BCUT2D eigenvalue weighted by Crippen LogP contribution is -2.44. The highest BCUT2D eigenvalue weighted by atomic mass is 32.2. The van der Waals surface area contributed by atoms with Gasteiger partial charge in [0.05, 0.1) is 11.1 Å². The summed E-state index contributed by atoms with van der Waals surface area (Å²) in [5, 5.41) is 3.65. The zero-order chi connectivity index (χ0) is 16.3. The van der Waals surface area contributed by atoms with Gasteiger partial charge in [0.2, 0.25) is 0 Å². The van der Waals surface area contributed by atoms with Crippen LogP contribution in [0.5, 0.6) is 0 Å². The Kier molecular flexibility index (Phi) is 4.61. The van der Waals surface area contributed by atoms with E-state index in [-0.39, 0.29) is 11.7 Å². The van der Waals surface area contributed by atoms with Gasteiger partial charge in [-0.15, -0.1) is 0 Å². The molecule has 120 valence electrons. The smallest absolute Gasteiger partial charge is 0.255 e. The zero-order valence-corrected chi connectivity index (χ0v) is 13.7. The second-order valence-electron chi connectivity index (χ2n) is 5.68. The maximum Gasteiger partial charge on any atom is 0.255 e. The predicted octanol–water partition coefficient (Wildman–Crippen LogP) is 3.54. The Bertz CT molecular complexity index is 699. The number of thioether (sulfide) groups is 1. The van der Waals surface area contributed by atoms with Crippen LogP contribution >= 0.6 is 11.8 Å². The summed E-state index contributed by atoms with van der Waals surface area (Å²) in [5.74, 6) is -0.536. The average molecular weight is 331 g/mol. The van der Waals surface area contributed by atoms with Gasteiger partial charge in [-0.05, 0) is 25.2 Å². The first kappa shape index (κ1) is 15.9.